The molecule has 0 bridgehead atoms. The molecule has 0 aliphatic carbocycles. The van der Waals surface area contributed by atoms with Crippen molar-refractivity contribution < 1.29 is 14.3 Å². The van der Waals surface area contributed by atoms with Gasteiger partial charge in [0.05, 0.1) is 13.7 Å². The van der Waals surface area contributed by atoms with E-state index in [1.807, 2.05) is 31.2 Å². The van der Waals surface area contributed by atoms with E-state index in [0.29, 0.717) is 24.7 Å². The van der Waals surface area contributed by atoms with Gasteiger partial charge in [0.2, 0.25) is 5.91 Å². The molecule has 2 aromatic rings. The predicted molar refractivity (Wildman–Crippen MR) is 129 cm³/mol. The minimum atomic E-state index is -0.121. The topological polar surface area (TPSA) is 54.0 Å². The molecule has 0 atom stereocenters. The van der Waals surface area contributed by atoms with Crippen LogP contribution in [0, 0.1) is 0 Å². The van der Waals surface area contributed by atoms with Gasteiger partial charge >= 0.3 is 0 Å². The van der Waals surface area contributed by atoms with Crippen molar-refractivity contribution in [3.8, 4) is 11.5 Å². The van der Waals surface area contributed by atoms with Crippen LogP contribution in [0.2, 0.25) is 0 Å². The maximum atomic E-state index is 12.4. The predicted octanol–water partition coefficient (Wildman–Crippen LogP) is 3.56. The fourth-order valence-corrected chi connectivity index (χ4v) is 3.86. The van der Waals surface area contributed by atoms with Gasteiger partial charge in [-0.25, -0.2) is 0 Å². The molecule has 0 spiro atoms. The van der Waals surface area contributed by atoms with Gasteiger partial charge in [-0.2, -0.15) is 0 Å². The van der Waals surface area contributed by atoms with Gasteiger partial charge in [0.25, 0.3) is 0 Å². The zero-order valence-corrected chi connectivity index (χ0v) is 19.5. The van der Waals surface area contributed by atoms with Gasteiger partial charge < -0.3 is 19.7 Å². The summed E-state index contributed by atoms with van der Waals surface area (Å²) in [5, 5.41) is 3.01. The molecule has 6 nitrogen and oxygen atoms in total. The SMILES string of the molecule is CCOc1ccc(C=CC(=O)NCc2ccccc2CN2CCN(CC)CC2)cc1OC. The number of nitrogens with zero attached hydrogens (tertiary/aromatic N) is 2. The van der Waals surface area contributed by atoms with E-state index in [1.165, 1.54) is 5.56 Å². The van der Waals surface area contributed by atoms with Crippen molar-refractivity contribution in [2.75, 3.05) is 46.4 Å². The average molecular weight is 438 g/mol. The third-order valence-corrected chi connectivity index (χ3v) is 5.79. The fraction of sp³-hybridized carbons (Fsp3) is 0.423. The molecule has 0 aromatic heterocycles. The Morgan fingerprint density at radius 1 is 1.00 bits per heavy atom. The summed E-state index contributed by atoms with van der Waals surface area (Å²) < 4.78 is 10.9. The van der Waals surface area contributed by atoms with Gasteiger partial charge in [0, 0.05) is 45.3 Å². The lowest BCUT2D eigenvalue weighted by Gasteiger charge is -2.34. The van der Waals surface area contributed by atoms with Gasteiger partial charge in [0.1, 0.15) is 0 Å². The number of piperazine rings is 1. The number of ether oxygens (including phenoxy) is 2. The van der Waals surface area contributed by atoms with Gasteiger partial charge in [-0.1, -0.05) is 37.3 Å². The first-order valence-corrected chi connectivity index (χ1v) is 11.4. The lowest BCUT2D eigenvalue weighted by atomic mass is 10.1. The van der Waals surface area contributed by atoms with Crippen LogP contribution >= 0.6 is 0 Å². The van der Waals surface area contributed by atoms with Crippen LogP contribution in [0.4, 0.5) is 0 Å². The van der Waals surface area contributed by atoms with Gasteiger partial charge in [-0.05, 0) is 48.4 Å². The van der Waals surface area contributed by atoms with Crippen LogP contribution in [0.25, 0.3) is 6.08 Å². The number of likely N-dealkylation sites (N-methyl/N-ethyl adjacent to an activating group) is 1. The van der Waals surface area contributed by atoms with Crippen LogP contribution in [0.5, 0.6) is 11.5 Å². The molecule has 32 heavy (non-hydrogen) atoms. The summed E-state index contributed by atoms with van der Waals surface area (Å²) in [5.74, 6) is 1.23. The van der Waals surface area contributed by atoms with E-state index < -0.39 is 0 Å². The van der Waals surface area contributed by atoms with E-state index >= 15 is 0 Å². The molecule has 0 radical (unpaired) electrons. The number of carbonyl (C=O) groups is 1. The van der Waals surface area contributed by atoms with Crippen molar-refractivity contribution in [2.45, 2.75) is 26.9 Å². The maximum absolute atomic E-state index is 12.4. The number of nitrogens with one attached hydrogen (secondary N) is 1. The van der Waals surface area contributed by atoms with E-state index in [-0.39, 0.29) is 5.91 Å². The second-order valence-corrected chi connectivity index (χ2v) is 7.87. The molecular weight excluding hydrogens is 402 g/mol. The zero-order chi connectivity index (χ0) is 22.8. The summed E-state index contributed by atoms with van der Waals surface area (Å²) in [4.78, 5) is 17.4. The Hall–Kier alpha value is -2.83. The van der Waals surface area contributed by atoms with Crippen LogP contribution in [0.3, 0.4) is 0 Å². The van der Waals surface area contributed by atoms with Crippen molar-refractivity contribution in [3.05, 3.63) is 65.2 Å². The molecule has 1 saturated heterocycles. The number of carbonyl (C=O) groups excluding carboxylic acids is 1. The molecule has 6 heteroatoms. The first-order valence-electron chi connectivity index (χ1n) is 11.4. The Morgan fingerprint density at radius 2 is 1.72 bits per heavy atom. The lowest BCUT2D eigenvalue weighted by Crippen LogP contribution is -2.45. The monoisotopic (exact) mass is 437 g/mol. The molecule has 1 fully saturated rings. The van der Waals surface area contributed by atoms with Gasteiger partial charge in [0.15, 0.2) is 11.5 Å². The smallest absolute Gasteiger partial charge is 0.244 e. The van der Waals surface area contributed by atoms with E-state index in [9.17, 15) is 4.79 Å². The summed E-state index contributed by atoms with van der Waals surface area (Å²) >= 11 is 0. The molecule has 1 aliphatic heterocycles. The maximum Gasteiger partial charge on any atom is 0.244 e. The Morgan fingerprint density at radius 3 is 2.41 bits per heavy atom. The Balaban J connectivity index is 1.55. The Bertz CT molecular complexity index is 905. The van der Waals surface area contributed by atoms with E-state index in [4.69, 9.17) is 9.47 Å². The largest absolute Gasteiger partial charge is 0.493 e. The lowest BCUT2D eigenvalue weighted by molar-refractivity contribution is -0.116. The second-order valence-electron chi connectivity index (χ2n) is 7.87. The molecule has 1 aliphatic rings. The van der Waals surface area contributed by atoms with E-state index in [1.54, 1.807) is 19.3 Å². The summed E-state index contributed by atoms with van der Waals surface area (Å²) in [6, 6.07) is 14.0. The number of hydrogen-bond acceptors (Lipinski definition) is 5. The highest BCUT2D eigenvalue weighted by Crippen LogP contribution is 2.28. The highest BCUT2D eigenvalue weighted by molar-refractivity contribution is 5.91. The fourth-order valence-electron chi connectivity index (χ4n) is 3.86. The normalized spacial score (nSPS) is 15.1. The summed E-state index contributed by atoms with van der Waals surface area (Å²) in [6.07, 6.45) is 3.34. The third-order valence-electron chi connectivity index (χ3n) is 5.79. The van der Waals surface area contributed by atoms with Crippen LogP contribution in [0.1, 0.15) is 30.5 Å². The molecular formula is C26H35N3O3. The molecule has 0 saturated carbocycles. The highest BCUT2D eigenvalue weighted by Gasteiger charge is 2.16. The van der Waals surface area contributed by atoms with Crippen molar-refractivity contribution >= 4 is 12.0 Å². The molecule has 172 valence electrons. The molecule has 1 N–H and O–H groups in total. The minimum absolute atomic E-state index is 0.121. The standard InChI is InChI=1S/C26H35N3O3/c1-4-28-14-16-29(17-15-28)20-23-9-7-6-8-22(23)19-27-26(30)13-11-21-10-12-24(32-5-2)25(18-21)31-3/h6-13,18H,4-5,14-17,19-20H2,1-3H3,(H,27,30). The molecule has 1 heterocycles. The Kier molecular flexibility index (Phi) is 9.13. The summed E-state index contributed by atoms with van der Waals surface area (Å²) in [5.41, 5.74) is 3.32. The number of rotatable bonds is 10. The first-order chi connectivity index (χ1) is 15.6. The van der Waals surface area contributed by atoms with Crippen LogP contribution in [0.15, 0.2) is 48.5 Å². The number of hydrogen-bond donors (Lipinski definition) is 1. The van der Waals surface area contributed by atoms with Crippen LogP contribution in [-0.2, 0) is 17.9 Å². The minimum Gasteiger partial charge on any atom is -0.493 e. The van der Waals surface area contributed by atoms with Crippen molar-refractivity contribution in [2.24, 2.45) is 0 Å². The quantitative estimate of drug-likeness (QED) is 0.576. The number of methoxy groups -OCH3 is 1. The highest BCUT2D eigenvalue weighted by atomic mass is 16.5. The number of amides is 1. The molecule has 2 aromatic carbocycles. The van der Waals surface area contributed by atoms with Gasteiger partial charge in [-0.3, -0.25) is 9.69 Å². The van der Waals surface area contributed by atoms with Crippen LogP contribution in [-0.4, -0.2) is 62.1 Å². The van der Waals surface area contributed by atoms with E-state index in [2.05, 4.69) is 40.2 Å². The van der Waals surface area contributed by atoms with Crippen molar-refractivity contribution in [1.29, 1.82) is 0 Å². The van der Waals surface area contributed by atoms with Crippen molar-refractivity contribution in [1.82, 2.24) is 15.1 Å². The Labute approximate surface area is 191 Å². The molecule has 0 unspecified atom stereocenters. The summed E-state index contributed by atoms with van der Waals surface area (Å²) in [7, 11) is 1.61. The molecule has 1 amide bonds. The van der Waals surface area contributed by atoms with Gasteiger partial charge in [-0.15, -0.1) is 0 Å². The van der Waals surface area contributed by atoms with E-state index in [0.717, 1.165) is 50.4 Å². The molecule has 3 rings (SSSR count). The second kappa shape index (κ2) is 12.3. The summed E-state index contributed by atoms with van der Waals surface area (Å²) in [6.45, 7) is 11.7. The number of benzene rings is 2. The zero-order valence-electron chi connectivity index (χ0n) is 19.5. The first kappa shape index (κ1) is 23.8. The third kappa shape index (κ3) is 6.84. The van der Waals surface area contributed by atoms with Crippen LogP contribution < -0.4 is 14.8 Å². The van der Waals surface area contributed by atoms with Crippen molar-refractivity contribution in [3.63, 3.8) is 0 Å². The average Bonchev–Trinajstić information content (AvgIpc) is 2.83.